The Hall–Kier alpha value is -2.54. The first kappa shape index (κ1) is 27.0. The summed E-state index contributed by atoms with van der Waals surface area (Å²) in [5.41, 5.74) is -3.25. The molecule has 38 heavy (non-hydrogen) atoms. The van der Waals surface area contributed by atoms with Crippen molar-refractivity contribution in [3.8, 4) is 0 Å². The largest absolute Gasteiger partial charge is 0.459 e. The Labute approximate surface area is 219 Å². The van der Waals surface area contributed by atoms with Crippen LogP contribution in [0.4, 0.5) is 0 Å². The highest BCUT2D eigenvalue weighted by Gasteiger charge is 2.77. The molecular formula is C26H34O12. The van der Waals surface area contributed by atoms with Crippen LogP contribution < -0.4 is 0 Å². The molecule has 3 heterocycles. The maximum absolute atomic E-state index is 13.0. The van der Waals surface area contributed by atoms with E-state index >= 15 is 0 Å². The van der Waals surface area contributed by atoms with Gasteiger partial charge in [0.05, 0.1) is 18.1 Å². The lowest BCUT2D eigenvalue weighted by molar-refractivity contribution is -0.232. The number of ether oxygens (including phenoxy) is 6. The Morgan fingerprint density at radius 1 is 0.947 bits per heavy atom. The number of esters is 4. The number of hydrogen-bond acceptors (Lipinski definition) is 12. The van der Waals surface area contributed by atoms with Crippen LogP contribution in [0.25, 0.3) is 0 Å². The van der Waals surface area contributed by atoms with E-state index in [0.29, 0.717) is 0 Å². The lowest BCUT2D eigenvalue weighted by atomic mass is 9.53. The van der Waals surface area contributed by atoms with Crippen LogP contribution in [0, 0.1) is 23.2 Å². The number of carbonyl (C=O) groups excluding carboxylic acids is 4. The van der Waals surface area contributed by atoms with Gasteiger partial charge in [-0.15, -0.1) is 0 Å². The average molecular weight is 539 g/mol. The third kappa shape index (κ3) is 3.71. The van der Waals surface area contributed by atoms with Crippen molar-refractivity contribution in [2.45, 2.75) is 102 Å². The summed E-state index contributed by atoms with van der Waals surface area (Å²) in [6, 6.07) is 0. The van der Waals surface area contributed by atoms with Crippen LogP contribution in [0.15, 0.2) is 12.2 Å². The zero-order valence-electron chi connectivity index (χ0n) is 22.1. The van der Waals surface area contributed by atoms with Crippen molar-refractivity contribution in [2.75, 3.05) is 0 Å². The van der Waals surface area contributed by atoms with E-state index in [9.17, 15) is 29.4 Å². The van der Waals surface area contributed by atoms with Crippen LogP contribution in [0.3, 0.4) is 0 Å². The Morgan fingerprint density at radius 2 is 1.55 bits per heavy atom. The van der Waals surface area contributed by atoms with Gasteiger partial charge in [-0.3, -0.25) is 19.2 Å². The minimum absolute atomic E-state index is 0.188. The normalized spacial score (nSPS) is 50.7. The quantitative estimate of drug-likeness (QED) is 0.210. The van der Waals surface area contributed by atoms with Gasteiger partial charge in [0, 0.05) is 38.0 Å². The molecule has 0 spiro atoms. The molecule has 2 saturated carbocycles. The second-order valence-electron chi connectivity index (χ2n) is 11.4. The average Bonchev–Trinajstić information content (AvgIpc) is 3.73. The molecule has 0 radical (unpaired) electrons. The van der Waals surface area contributed by atoms with Gasteiger partial charge < -0.3 is 38.6 Å². The smallest absolute Gasteiger partial charge is 0.312 e. The predicted octanol–water partition coefficient (Wildman–Crippen LogP) is -0.188. The van der Waals surface area contributed by atoms with E-state index in [-0.39, 0.29) is 5.57 Å². The van der Waals surface area contributed by atoms with E-state index in [2.05, 4.69) is 6.58 Å². The second kappa shape index (κ2) is 8.73. The molecule has 2 aliphatic carbocycles. The first-order valence-corrected chi connectivity index (χ1v) is 12.8. The molecule has 0 unspecified atom stereocenters. The van der Waals surface area contributed by atoms with Crippen LogP contribution in [0.2, 0.25) is 0 Å². The molecular weight excluding hydrogens is 504 g/mol. The summed E-state index contributed by atoms with van der Waals surface area (Å²) in [5, 5.41) is 24.3. The Bertz CT molecular complexity index is 1090. The molecule has 0 aromatic heterocycles. The van der Waals surface area contributed by atoms with Gasteiger partial charge in [-0.2, -0.15) is 0 Å². The van der Waals surface area contributed by atoms with Gasteiger partial charge in [-0.1, -0.05) is 20.4 Å². The van der Waals surface area contributed by atoms with Crippen molar-refractivity contribution < 1.29 is 57.8 Å². The van der Waals surface area contributed by atoms with Gasteiger partial charge in [-0.05, 0) is 12.5 Å². The third-order valence-electron chi connectivity index (χ3n) is 9.16. The summed E-state index contributed by atoms with van der Waals surface area (Å²) in [4.78, 5) is 49.6. The van der Waals surface area contributed by atoms with E-state index in [1.54, 1.807) is 13.8 Å². The maximum Gasteiger partial charge on any atom is 0.312 e. The molecule has 14 atom stereocenters. The summed E-state index contributed by atoms with van der Waals surface area (Å²) in [5.74, 6) is -5.63. The van der Waals surface area contributed by atoms with E-state index in [0.717, 1.165) is 13.8 Å². The number of aliphatic hydroxyl groups is 2. The van der Waals surface area contributed by atoms with Gasteiger partial charge in [0.15, 0.2) is 17.8 Å². The Morgan fingerprint density at radius 3 is 2.13 bits per heavy atom. The summed E-state index contributed by atoms with van der Waals surface area (Å²) >= 11 is 0. The van der Waals surface area contributed by atoms with E-state index in [4.69, 9.17) is 28.4 Å². The maximum atomic E-state index is 13.0. The van der Waals surface area contributed by atoms with E-state index in [1.807, 2.05) is 0 Å². The van der Waals surface area contributed by atoms with Gasteiger partial charge >= 0.3 is 23.9 Å². The van der Waals surface area contributed by atoms with Crippen molar-refractivity contribution in [1.82, 2.24) is 0 Å². The minimum Gasteiger partial charge on any atom is -0.459 e. The molecule has 5 rings (SSSR count). The molecule has 0 bridgehead atoms. The van der Waals surface area contributed by atoms with Crippen LogP contribution in [0.5, 0.6) is 0 Å². The van der Waals surface area contributed by atoms with Crippen molar-refractivity contribution in [3.05, 3.63) is 12.2 Å². The molecule has 0 aromatic rings. The molecule has 0 aromatic carbocycles. The lowest BCUT2D eigenvalue weighted by Gasteiger charge is -2.54. The van der Waals surface area contributed by atoms with Gasteiger partial charge in [-0.25, -0.2) is 0 Å². The zero-order chi connectivity index (χ0) is 28.1. The van der Waals surface area contributed by atoms with Crippen molar-refractivity contribution in [2.24, 2.45) is 23.2 Å². The highest BCUT2D eigenvalue weighted by atomic mass is 16.6. The highest BCUT2D eigenvalue weighted by Crippen LogP contribution is 2.63. The van der Waals surface area contributed by atoms with Crippen LogP contribution in [0.1, 0.15) is 41.5 Å². The van der Waals surface area contributed by atoms with Crippen LogP contribution in [-0.2, 0) is 47.6 Å². The van der Waals surface area contributed by atoms with E-state index < -0.39 is 108 Å². The minimum atomic E-state index is -2.24. The first-order chi connectivity index (χ1) is 17.6. The SMILES string of the molecule is C=C1[C@H]2O[C@H]2[C@H](O)[C@]2(C)[C@H]([C@@H](C)[C@@H](OC(C)=O)[C@@H]3O[C@@H]32)[C@H](OC(C)=O)[C@]2(O)[C@@H](C)C(=O)O[C@H]2[C@@H]1OC(C)=O. The first-order valence-electron chi connectivity index (χ1n) is 12.8. The van der Waals surface area contributed by atoms with Crippen molar-refractivity contribution in [3.63, 3.8) is 0 Å². The predicted molar refractivity (Wildman–Crippen MR) is 124 cm³/mol. The van der Waals surface area contributed by atoms with Gasteiger partial charge in [0.25, 0.3) is 0 Å². The number of epoxide rings is 2. The molecule has 12 heteroatoms. The van der Waals surface area contributed by atoms with E-state index in [1.165, 1.54) is 13.8 Å². The van der Waals surface area contributed by atoms with Crippen molar-refractivity contribution in [1.29, 1.82) is 0 Å². The second-order valence-corrected chi connectivity index (χ2v) is 11.4. The third-order valence-corrected chi connectivity index (χ3v) is 9.16. The molecule has 0 amide bonds. The molecule has 2 N–H and O–H groups in total. The molecule has 3 aliphatic heterocycles. The molecule has 210 valence electrons. The summed E-state index contributed by atoms with van der Waals surface area (Å²) < 4.78 is 34.4. The Kier molecular flexibility index (Phi) is 6.22. The fourth-order valence-corrected chi connectivity index (χ4v) is 7.26. The number of fused-ring (bicyclic) bond motifs is 5. The fraction of sp³-hybridized carbons (Fsp3) is 0.769. The number of rotatable bonds is 3. The topological polar surface area (TPSA) is 171 Å². The summed E-state index contributed by atoms with van der Waals surface area (Å²) in [6.45, 7) is 12.5. The lowest BCUT2D eigenvalue weighted by Crippen LogP contribution is -2.69. The molecule has 5 fully saturated rings. The standard InChI is InChI=1S/C26H34O12/c1-8-14-21(35-13(6)29)26(32)10(3)24(31)38-23(26)17(34-12(5)28)9(2)16-18(36-16)20(30)25(14,7)22-19(37-22)15(8)33-11(4)27/h8,10,14-23,30,32H,2H2,1,3-7H3/t8-,10+,14-,15-,16-,17-,18-,19+,20+,21+,22+,23+,25+,26-/m1/s1. The number of aliphatic hydroxyl groups excluding tert-OH is 1. The summed E-state index contributed by atoms with van der Waals surface area (Å²) in [7, 11) is 0. The summed E-state index contributed by atoms with van der Waals surface area (Å²) in [6.07, 6.45) is -9.07. The molecule has 12 nitrogen and oxygen atoms in total. The van der Waals surface area contributed by atoms with Gasteiger partial charge in [0.2, 0.25) is 0 Å². The van der Waals surface area contributed by atoms with Gasteiger partial charge in [0.1, 0.15) is 30.5 Å². The zero-order valence-corrected chi connectivity index (χ0v) is 22.1. The monoisotopic (exact) mass is 538 g/mol. The number of hydrogen-bond donors (Lipinski definition) is 2. The molecule has 5 aliphatic rings. The highest BCUT2D eigenvalue weighted by molar-refractivity contribution is 5.78. The van der Waals surface area contributed by atoms with Crippen molar-refractivity contribution >= 4 is 23.9 Å². The Balaban J connectivity index is 1.73. The number of carbonyl (C=O) groups is 4. The van der Waals surface area contributed by atoms with Crippen LogP contribution >= 0.6 is 0 Å². The van der Waals surface area contributed by atoms with Crippen LogP contribution in [-0.4, -0.2) is 94.6 Å². The fourth-order valence-electron chi connectivity index (χ4n) is 7.26. The molecule has 3 saturated heterocycles.